The van der Waals surface area contributed by atoms with Crippen molar-refractivity contribution in [3.05, 3.63) is 23.8 Å². The van der Waals surface area contributed by atoms with E-state index in [9.17, 15) is 0 Å². The number of hydrogen-bond donors (Lipinski definition) is 1. The van der Waals surface area contributed by atoms with Gasteiger partial charge in [0.2, 0.25) is 0 Å². The Labute approximate surface area is 116 Å². The summed E-state index contributed by atoms with van der Waals surface area (Å²) in [6.45, 7) is 8.46. The molecule has 0 saturated carbocycles. The Hall–Kier alpha value is -1.22. The second-order valence-corrected chi connectivity index (χ2v) is 5.63. The van der Waals surface area contributed by atoms with Crippen LogP contribution < -0.4 is 15.4 Å². The number of aryl methyl sites for hydroxylation is 1. The van der Waals surface area contributed by atoms with Crippen LogP contribution in [0.2, 0.25) is 0 Å². The second-order valence-electron chi connectivity index (χ2n) is 5.63. The molecule has 1 unspecified atom stereocenters. The van der Waals surface area contributed by atoms with Crippen LogP contribution in [0.4, 0.5) is 5.69 Å². The molecule has 0 spiro atoms. The zero-order chi connectivity index (χ0) is 13.8. The van der Waals surface area contributed by atoms with E-state index < -0.39 is 0 Å². The maximum atomic E-state index is 6.06. The summed E-state index contributed by atoms with van der Waals surface area (Å²) in [4.78, 5) is 2.41. The molecule has 1 saturated heterocycles. The molecule has 1 atom stereocenters. The van der Waals surface area contributed by atoms with Crippen molar-refractivity contribution >= 4 is 5.69 Å². The third-order valence-electron chi connectivity index (χ3n) is 3.90. The van der Waals surface area contributed by atoms with Gasteiger partial charge in [0.1, 0.15) is 5.75 Å². The lowest BCUT2D eigenvalue weighted by molar-refractivity contribution is 0.217. The highest BCUT2D eigenvalue weighted by atomic mass is 16.5. The molecule has 0 aromatic heterocycles. The third-order valence-corrected chi connectivity index (χ3v) is 3.90. The summed E-state index contributed by atoms with van der Waals surface area (Å²) in [6.07, 6.45) is 3.42. The SMILES string of the molecule is CCC(C)Oc1ccc(C)cc1N1CCC(N)CC1. The molecule has 0 aliphatic carbocycles. The number of nitrogens with two attached hydrogens (primary N) is 1. The summed E-state index contributed by atoms with van der Waals surface area (Å²) in [5.41, 5.74) is 8.50. The molecule has 19 heavy (non-hydrogen) atoms. The zero-order valence-corrected chi connectivity index (χ0v) is 12.4. The van der Waals surface area contributed by atoms with Gasteiger partial charge in [-0.05, 0) is 50.8 Å². The van der Waals surface area contributed by atoms with Crippen LogP contribution in [-0.4, -0.2) is 25.2 Å². The van der Waals surface area contributed by atoms with Crippen molar-refractivity contribution < 1.29 is 4.74 Å². The van der Waals surface area contributed by atoms with Crippen molar-refractivity contribution in [2.45, 2.75) is 52.2 Å². The highest BCUT2D eigenvalue weighted by Crippen LogP contribution is 2.32. The Bertz CT molecular complexity index is 411. The fraction of sp³-hybridized carbons (Fsp3) is 0.625. The minimum atomic E-state index is 0.258. The molecule has 3 nitrogen and oxygen atoms in total. The van der Waals surface area contributed by atoms with E-state index in [0.29, 0.717) is 6.04 Å². The maximum absolute atomic E-state index is 6.06. The summed E-state index contributed by atoms with van der Waals surface area (Å²) < 4.78 is 6.06. The molecule has 1 aromatic rings. The first-order valence-electron chi connectivity index (χ1n) is 7.38. The van der Waals surface area contributed by atoms with Crippen LogP contribution in [0.25, 0.3) is 0 Å². The van der Waals surface area contributed by atoms with Gasteiger partial charge in [0.15, 0.2) is 0 Å². The van der Waals surface area contributed by atoms with E-state index in [0.717, 1.165) is 38.1 Å². The molecule has 3 heteroatoms. The molecule has 0 amide bonds. The number of ether oxygens (including phenoxy) is 1. The van der Waals surface area contributed by atoms with Gasteiger partial charge in [-0.1, -0.05) is 13.0 Å². The number of nitrogens with zero attached hydrogens (tertiary/aromatic N) is 1. The van der Waals surface area contributed by atoms with Crippen molar-refractivity contribution in [3.63, 3.8) is 0 Å². The standard InChI is InChI=1S/C16H26N2O/c1-4-13(3)19-16-6-5-12(2)11-15(16)18-9-7-14(17)8-10-18/h5-6,11,13-14H,4,7-10,17H2,1-3H3. The fourth-order valence-electron chi connectivity index (χ4n) is 2.41. The summed E-state index contributed by atoms with van der Waals surface area (Å²) in [5.74, 6) is 1.01. The molecule has 2 rings (SSSR count). The molecular formula is C16H26N2O. The average molecular weight is 262 g/mol. The largest absolute Gasteiger partial charge is 0.489 e. The fourth-order valence-corrected chi connectivity index (χ4v) is 2.41. The van der Waals surface area contributed by atoms with E-state index in [4.69, 9.17) is 10.5 Å². The quantitative estimate of drug-likeness (QED) is 0.906. The first kappa shape index (κ1) is 14.2. The topological polar surface area (TPSA) is 38.5 Å². The average Bonchev–Trinajstić information content (AvgIpc) is 2.41. The third kappa shape index (κ3) is 3.63. The van der Waals surface area contributed by atoms with Gasteiger partial charge in [0, 0.05) is 19.1 Å². The number of piperidine rings is 1. The highest BCUT2D eigenvalue weighted by molar-refractivity contribution is 5.60. The first-order chi connectivity index (χ1) is 9.10. The van der Waals surface area contributed by atoms with Crippen molar-refractivity contribution in [2.24, 2.45) is 5.73 Å². The van der Waals surface area contributed by atoms with Gasteiger partial charge in [-0.2, -0.15) is 0 Å². The molecule has 0 radical (unpaired) electrons. The predicted octanol–water partition coefficient (Wildman–Crippen LogP) is 3.10. The first-order valence-corrected chi connectivity index (χ1v) is 7.38. The van der Waals surface area contributed by atoms with Gasteiger partial charge < -0.3 is 15.4 Å². The smallest absolute Gasteiger partial charge is 0.143 e. The van der Waals surface area contributed by atoms with E-state index >= 15 is 0 Å². The predicted molar refractivity (Wildman–Crippen MR) is 81.0 cm³/mol. The normalized spacial score (nSPS) is 18.4. The van der Waals surface area contributed by atoms with Gasteiger partial charge in [0.05, 0.1) is 11.8 Å². The lowest BCUT2D eigenvalue weighted by Crippen LogP contribution is -2.39. The Kier molecular flexibility index (Phi) is 4.70. The molecule has 0 bridgehead atoms. The maximum Gasteiger partial charge on any atom is 0.143 e. The van der Waals surface area contributed by atoms with Crippen LogP contribution in [-0.2, 0) is 0 Å². The van der Waals surface area contributed by atoms with Crippen LogP contribution in [0.1, 0.15) is 38.7 Å². The monoisotopic (exact) mass is 262 g/mol. The van der Waals surface area contributed by atoms with Crippen molar-refractivity contribution in [1.29, 1.82) is 0 Å². The van der Waals surface area contributed by atoms with E-state index in [1.54, 1.807) is 0 Å². The zero-order valence-electron chi connectivity index (χ0n) is 12.4. The minimum absolute atomic E-state index is 0.258. The van der Waals surface area contributed by atoms with Crippen molar-refractivity contribution in [1.82, 2.24) is 0 Å². The molecule has 1 aromatic carbocycles. The molecule has 1 heterocycles. The second kappa shape index (κ2) is 6.29. The van der Waals surface area contributed by atoms with Gasteiger partial charge >= 0.3 is 0 Å². The van der Waals surface area contributed by atoms with Gasteiger partial charge in [-0.25, -0.2) is 0 Å². The van der Waals surface area contributed by atoms with Crippen molar-refractivity contribution in [3.8, 4) is 5.75 Å². The van der Waals surface area contributed by atoms with Crippen LogP contribution >= 0.6 is 0 Å². The number of anilines is 1. The minimum Gasteiger partial charge on any atom is -0.489 e. The summed E-state index contributed by atoms with van der Waals surface area (Å²) in [5, 5.41) is 0. The Morgan fingerprint density at radius 1 is 1.37 bits per heavy atom. The van der Waals surface area contributed by atoms with E-state index in [-0.39, 0.29) is 6.10 Å². The van der Waals surface area contributed by atoms with Crippen LogP contribution in [0.15, 0.2) is 18.2 Å². The van der Waals surface area contributed by atoms with Crippen LogP contribution in [0.3, 0.4) is 0 Å². The highest BCUT2D eigenvalue weighted by Gasteiger charge is 2.20. The lowest BCUT2D eigenvalue weighted by atomic mass is 10.0. The molecule has 1 fully saturated rings. The number of hydrogen-bond acceptors (Lipinski definition) is 3. The van der Waals surface area contributed by atoms with Crippen molar-refractivity contribution in [2.75, 3.05) is 18.0 Å². The van der Waals surface area contributed by atoms with Crippen LogP contribution in [0.5, 0.6) is 5.75 Å². The lowest BCUT2D eigenvalue weighted by Gasteiger charge is -2.33. The molecule has 1 aliphatic heterocycles. The molecule has 1 aliphatic rings. The van der Waals surface area contributed by atoms with Gasteiger partial charge in [0.25, 0.3) is 0 Å². The van der Waals surface area contributed by atoms with Crippen LogP contribution in [0, 0.1) is 6.92 Å². The number of benzene rings is 1. The molecular weight excluding hydrogens is 236 g/mol. The molecule has 2 N–H and O–H groups in total. The summed E-state index contributed by atoms with van der Waals surface area (Å²) in [6, 6.07) is 6.82. The summed E-state index contributed by atoms with van der Waals surface area (Å²) >= 11 is 0. The summed E-state index contributed by atoms with van der Waals surface area (Å²) in [7, 11) is 0. The Balaban J connectivity index is 2.19. The Morgan fingerprint density at radius 3 is 2.68 bits per heavy atom. The van der Waals surface area contributed by atoms with E-state index in [1.165, 1.54) is 11.3 Å². The van der Waals surface area contributed by atoms with E-state index in [1.807, 2.05) is 0 Å². The van der Waals surface area contributed by atoms with Gasteiger partial charge in [-0.3, -0.25) is 0 Å². The Morgan fingerprint density at radius 2 is 2.05 bits per heavy atom. The molecule has 106 valence electrons. The van der Waals surface area contributed by atoms with E-state index in [2.05, 4.69) is 43.9 Å². The van der Waals surface area contributed by atoms with Gasteiger partial charge in [-0.15, -0.1) is 0 Å². The number of rotatable bonds is 4.